The van der Waals surface area contributed by atoms with E-state index in [0.29, 0.717) is 0 Å². The third-order valence-electron chi connectivity index (χ3n) is 4.60. The topological polar surface area (TPSA) is 0 Å². The Kier molecular flexibility index (Phi) is 7.11. The summed E-state index contributed by atoms with van der Waals surface area (Å²) < 4.78 is 0. The minimum atomic E-state index is -0.0146. The van der Waals surface area contributed by atoms with Crippen LogP contribution in [0.4, 0.5) is 0 Å². The summed E-state index contributed by atoms with van der Waals surface area (Å²) in [6.45, 7) is 6.39. The first-order valence-electron chi connectivity index (χ1n) is 9.58. The van der Waals surface area contributed by atoms with Crippen LogP contribution in [0.15, 0.2) is 124 Å². The molecule has 0 unspecified atom stereocenters. The van der Waals surface area contributed by atoms with Crippen LogP contribution < -0.4 is 0 Å². The summed E-state index contributed by atoms with van der Waals surface area (Å²) in [7, 11) is -0.0146. The molecule has 0 heterocycles. The molecule has 0 saturated heterocycles. The first-order valence-corrected chi connectivity index (χ1v) is 10.8. The van der Waals surface area contributed by atoms with Crippen LogP contribution in [-0.4, -0.2) is 0 Å². The van der Waals surface area contributed by atoms with Crippen LogP contribution in [0.2, 0.25) is 0 Å². The molecule has 0 atom stereocenters. The molecule has 1 heteroatoms. The summed E-state index contributed by atoms with van der Waals surface area (Å²) in [6.07, 6.45) is 0. The third-order valence-corrected chi connectivity index (χ3v) is 6.83. The fraction of sp³-hybridized carbons (Fsp3) is 0.111. The normalized spacial score (nSPS) is 10.3. The second kappa shape index (κ2) is 9.96. The summed E-state index contributed by atoms with van der Waals surface area (Å²) in [5, 5.41) is 0. The monoisotopic (exact) mass is 383 g/mol. The summed E-state index contributed by atoms with van der Waals surface area (Å²) in [4.78, 5) is 4.08. The third kappa shape index (κ3) is 5.37. The van der Waals surface area contributed by atoms with Gasteiger partial charge in [0.05, 0.1) is 10.9 Å². The summed E-state index contributed by atoms with van der Waals surface area (Å²) in [6, 6.07) is 38.7. The molecule has 0 nitrogen and oxygen atoms in total. The van der Waals surface area contributed by atoms with Crippen LogP contribution in [0.1, 0.15) is 16.7 Å². The predicted octanol–water partition coefficient (Wildman–Crippen LogP) is 7.39. The molecule has 4 aromatic rings. The molecule has 4 aromatic carbocycles. The lowest BCUT2D eigenvalue weighted by Crippen LogP contribution is -2.04. The van der Waals surface area contributed by atoms with Crippen LogP contribution in [0.5, 0.6) is 0 Å². The van der Waals surface area contributed by atoms with Crippen molar-refractivity contribution >= 4 is 10.9 Å². The lowest BCUT2D eigenvalue weighted by Gasteiger charge is -2.07. The SMILES string of the molecule is Cc1ccc(C)c(C)c1.c1ccc([S+](c2ccccc2)c2ccccc2)cc1. The summed E-state index contributed by atoms with van der Waals surface area (Å²) in [5.41, 5.74) is 4.11. The van der Waals surface area contributed by atoms with Crippen molar-refractivity contribution in [3.8, 4) is 0 Å². The van der Waals surface area contributed by atoms with Crippen LogP contribution >= 0.6 is 0 Å². The van der Waals surface area contributed by atoms with Crippen LogP contribution in [0.3, 0.4) is 0 Å². The van der Waals surface area contributed by atoms with Gasteiger partial charge in [0, 0.05) is 0 Å². The summed E-state index contributed by atoms with van der Waals surface area (Å²) in [5.74, 6) is 0. The molecule has 0 aliphatic heterocycles. The average molecular weight is 384 g/mol. The maximum absolute atomic E-state index is 2.21. The van der Waals surface area contributed by atoms with Crippen molar-refractivity contribution in [3.63, 3.8) is 0 Å². The number of aryl methyl sites for hydroxylation is 3. The molecule has 0 N–H and O–H groups in total. The van der Waals surface area contributed by atoms with Gasteiger partial charge in [0.15, 0.2) is 14.7 Å². The minimum Gasteiger partial charge on any atom is -0.0619 e. The van der Waals surface area contributed by atoms with Gasteiger partial charge in [-0.05, 0) is 68.3 Å². The molecule has 0 radical (unpaired) electrons. The van der Waals surface area contributed by atoms with Crippen molar-refractivity contribution in [2.45, 2.75) is 35.5 Å². The molecular weight excluding hydrogens is 356 g/mol. The Morgan fingerprint density at radius 1 is 0.429 bits per heavy atom. The van der Waals surface area contributed by atoms with Crippen molar-refractivity contribution in [1.82, 2.24) is 0 Å². The largest absolute Gasteiger partial charge is 0.166 e. The van der Waals surface area contributed by atoms with E-state index < -0.39 is 0 Å². The first-order chi connectivity index (χ1) is 13.6. The first kappa shape index (κ1) is 20.0. The number of hydrogen-bond donors (Lipinski definition) is 0. The number of benzene rings is 4. The van der Waals surface area contributed by atoms with Crippen LogP contribution in [0, 0.1) is 20.8 Å². The molecule has 0 aliphatic carbocycles. The number of hydrogen-bond acceptors (Lipinski definition) is 0. The average Bonchev–Trinajstić information content (AvgIpc) is 2.74. The van der Waals surface area contributed by atoms with Gasteiger partial charge in [0.2, 0.25) is 0 Å². The Bertz CT molecular complexity index is 883. The van der Waals surface area contributed by atoms with E-state index in [1.165, 1.54) is 31.4 Å². The van der Waals surface area contributed by atoms with Gasteiger partial charge in [-0.3, -0.25) is 0 Å². The molecule has 0 saturated carbocycles. The molecule has 0 fully saturated rings. The highest BCUT2D eigenvalue weighted by Gasteiger charge is 2.27. The van der Waals surface area contributed by atoms with Gasteiger partial charge in [0.25, 0.3) is 0 Å². The maximum atomic E-state index is 2.21. The highest BCUT2D eigenvalue weighted by Crippen LogP contribution is 2.30. The molecule has 28 heavy (non-hydrogen) atoms. The standard InChI is InChI=1S/C18H15S.C9H12/c1-4-10-16(11-5-1)19(17-12-6-2-7-13-17)18-14-8-3-9-15-18;1-7-4-5-8(2)9(3)6-7/h1-15H;4-6H,1-3H3/q+1;. The van der Waals surface area contributed by atoms with Crippen LogP contribution in [0.25, 0.3) is 0 Å². The van der Waals surface area contributed by atoms with E-state index in [9.17, 15) is 0 Å². The van der Waals surface area contributed by atoms with Gasteiger partial charge in [-0.2, -0.15) is 0 Å². The Labute approximate surface area is 172 Å². The molecule has 4 rings (SSSR count). The van der Waals surface area contributed by atoms with Crippen molar-refractivity contribution < 1.29 is 0 Å². The Hall–Kier alpha value is -2.77. The second-order valence-corrected chi connectivity index (χ2v) is 8.86. The molecule has 0 bridgehead atoms. The highest BCUT2D eigenvalue weighted by molar-refractivity contribution is 7.97. The second-order valence-electron chi connectivity index (χ2n) is 6.83. The highest BCUT2D eigenvalue weighted by atomic mass is 32.2. The predicted molar refractivity (Wildman–Crippen MR) is 122 cm³/mol. The Morgan fingerprint density at radius 2 is 0.821 bits per heavy atom. The number of rotatable bonds is 3. The van der Waals surface area contributed by atoms with Crippen molar-refractivity contribution in [2.24, 2.45) is 0 Å². The molecule has 0 amide bonds. The zero-order valence-corrected chi connectivity index (χ0v) is 17.6. The molecule has 140 valence electrons. The summed E-state index contributed by atoms with van der Waals surface area (Å²) >= 11 is 0. The van der Waals surface area contributed by atoms with E-state index in [1.54, 1.807) is 0 Å². The van der Waals surface area contributed by atoms with E-state index in [-0.39, 0.29) is 10.9 Å². The van der Waals surface area contributed by atoms with Gasteiger partial charge in [-0.15, -0.1) is 0 Å². The van der Waals surface area contributed by atoms with E-state index in [2.05, 4.69) is 130 Å². The van der Waals surface area contributed by atoms with Crippen LogP contribution in [-0.2, 0) is 10.9 Å². The zero-order chi connectivity index (χ0) is 19.8. The van der Waals surface area contributed by atoms with E-state index in [1.807, 2.05) is 0 Å². The van der Waals surface area contributed by atoms with Gasteiger partial charge in [-0.25, -0.2) is 0 Å². The maximum Gasteiger partial charge on any atom is 0.166 e. The lowest BCUT2D eigenvalue weighted by molar-refractivity contribution is 1.30. The fourth-order valence-electron chi connectivity index (χ4n) is 2.97. The van der Waals surface area contributed by atoms with E-state index in [0.717, 1.165) is 0 Å². The van der Waals surface area contributed by atoms with E-state index in [4.69, 9.17) is 0 Å². The van der Waals surface area contributed by atoms with Gasteiger partial charge in [0.1, 0.15) is 0 Å². The molecular formula is C27H27S+. The van der Waals surface area contributed by atoms with Crippen molar-refractivity contribution in [3.05, 3.63) is 126 Å². The van der Waals surface area contributed by atoms with E-state index >= 15 is 0 Å². The molecule has 0 aromatic heterocycles. The van der Waals surface area contributed by atoms with Crippen molar-refractivity contribution in [1.29, 1.82) is 0 Å². The Morgan fingerprint density at radius 3 is 1.14 bits per heavy atom. The minimum absolute atomic E-state index is 0.0146. The smallest absolute Gasteiger partial charge is 0.0619 e. The van der Waals surface area contributed by atoms with Gasteiger partial charge >= 0.3 is 0 Å². The molecule has 0 spiro atoms. The fourth-order valence-corrected chi connectivity index (χ4v) is 5.07. The quantitative estimate of drug-likeness (QED) is 0.323. The zero-order valence-electron chi connectivity index (χ0n) is 16.8. The lowest BCUT2D eigenvalue weighted by atomic mass is 10.1. The van der Waals surface area contributed by atoms with Gasteiger partial charge < -0.3 is 0 Å². The molecule has 0 aliphatic rings. The van der Waals surface area contributed by atoms with Crippen molar-refractivity contribution in [2.75, 3.05) is 0 Å². The Balaban J connectivity index is 0.000000211. The van der Waals surface area contributed by atoms with Gasteiger partial charge in [-0.1, -0.05) is 78.4 Å².